The second-order valence-electron chi connectivity index (χ2n) is 4.04. The first-order valence-electron chi connectivity index (χ1n) is 5.51. The summed E-state index contributed by atoms with van der Waals surface area (Å²) in [6.07, 6.45) is 0. The summed E-state index contributed by atoms with van der Waals surface area (Å²) in [6, 6.07) is 9.77. The third-order valence-electron chi connectivity index (χ3n) is 2.52. The van der Waals surface area contributed by atoms with Gasteiger partial charge in [-0.2, -0.15) is 0 Å². The number of thiocarbonyl (C=S) groups is 1. The van der Waals surface area contributed by atoms with E-state index in [9.17, 15) is 4.39 Å². The van der Waals surface area contributed by atoms with Crippen molar-refractivity contribution in [3.05, 3.63) is 57.8 Å². The molecule has 0 amide bonds. The minimum absolute atomic E-state index is 0.258. The van der Waals surface area contributed by atoms with Crippen molar-refractivity contribution in [1.82, 2.24) is 0 Å². The van der Waals surface area contributed by atoms with Crippen molar-refractivity contribution in [1.29, 1.82) is 0 Å². The molecule has 98 valence electrons. The van der Waals surface area contributed by atoms with Gasteiger partial charge >= 0.3 is 0 Å². The maximum Gasteiger partial charge on any atom is 0.141 e. The van der Waals surface area contributed by atoms with E-state index in [4.69, 9.17) is 22.7 Å². The average molecular weight is 340 g/mol. The number of halogens is 2. The van der Waals surface area contributed by atoms with Crippen LogP contribution in [0, 0.1) is 12.7 Å². The summed E-state index contributed by atoms with van der Waals surface area (Å²) in [5, 5.41) is 0. The van der Waals surface area contributed by atoms with E-state index in [1.165, 1.54) is 12.1 Å². The maximum absolute atomic E-state index is 13.0. The van der Waals surface area contributed by atoms with E-state index in [2.05, 4.69) is 15.9 Å². The SMILES string of the molecule is Cc1ccc(C(N)=S)c(Oc2ccc(F)cc2Br)c1. The largest absolute Gasteiger partial charge is 0.455 e. The molecule has 19 heavy (non-hydrogen) atoms. The molecule has 0 fully saturated rings. The van der Waals surface area contributed by atoms with Crippen LogP contribution in [0.5, 0.6) is 11.5 Å². The van der Waals surface area contributed by atoms with Crippen molar-refractivity contribution in [3.63, 3.8) is 0 Å². The zero-order valence-corrected chi connectivity index (χ0v) is 12.5. The highest BCUT2D eigenvalue weighted by atomic mass is 79.9. The van der Waals surface area contributed by atoms with Gasteiger partial charge in [-0.3, -0.25) is 0 Å². The molecular weight excluding hydrogens is 329 g/mol. The van der Waals surface area contributed by atoms with E-state index in [0.717, 1.165) is 5.56 Å². The molecule has 0 aromatic heterocycles. The number of benzene rings is 2. The van der Waals surface area contributed by atoms with E-state index in [1.54, 1.807) is 6.07 Å². The smallest absolute Gasteiger partial charge is 0.141 e. The molecule has 0 saturated heterocycles. The zero-order valence-electron chi connectivity index (χ0n) is 10.1. The predicted octanol–water partition coefficient (Wildman–Crippen LogP) is 4.32. The Balaban J connectivity index is 2.42. The Bertz CT molecular complexity index is 645. The summed E-state index contributed by atoms with van der Waals surface area (Å²) in [4.78, 5) is 0.258. The number of hydrogen-bond donors (Lipinski definition) is 1. The average Bonchev–Trinajstić information content (AvgIpc) is 2.32. The van der Waals surface area contributed by atoms with Crippen LogP contribution >= 0.6 is 28.1 Å². The Morgan fingerprint density at radius 2 is 1.95 bits per heavy atom. The number of aryl methyl sites for hydroxylation is 1. The van der Waals surface area contributed by atoms with Crippen LogP contribution in [0.1, 0.15) is 11.1 Å². The third-order valence-corrected chi connectivity index (χ3v) is 3.36. The van der Waals surface area contributed by atoms with E-state index < -0.39 is 0 Å². The van der Waals surface area contributed by atoms with Gasteiger partial charge in [-0.1, -0.05) is 18.3 Å². The second-order valence-corrected chi connectivity index (χ2v) is 5.33. The fourth-order valence-electron chi connectivity index (χ4n) is 1.59. The van der Waals surface area contributed by atoms with Gasteiger partial charge in [0.05, 0.1) is 10.0 Å². The Labute approximate surface area is 124 Å². The first-order valence-corrected chi connectivity index (χ1v) is 6.71. The molecule has 0 heterocycles. The lowest BCUT2D eigenvalue weighted by molar-refractivity contribution is 0.476. The van der Waals surface area contributed by atoms with Crippen LogP contribution in [0.4, 0.5) is 4.39 Å². The highest BCUT2D eigenvalue weighted by Crippen LogP contribution is 2.32. The molecule has 0 aliphatic carbocycles. The lowest BCUT2D eigenvalue weighted by Gasteiger charge is -2.12. The van der Waals surface area contributed by atoms with Crippen LogP contribution in [-0.4, -0.2) is 4.99 Å². The Morgan fingerprint density at radius 1 is 1.21 bits per heavy atom. The molecule has 0 aliphatic heterocycles. The normalized spacial score (nSPS) is 10.3. The van der Waals surface area contributed by atoms with Crippen molar-refractivity contribution in [3.8, 4) is 11.5 Å². The van der Waals surface area contributed by atoms with Crippen LogP contribution in [0.15, 0.2) is 40.9 Å². The molecule has 2 aromatic carbocycles. The Kier molecular flexibility index (Phi) is 4.17. The molecule has 0 radical (unpaired) electrons. The van der Waals surface area contributed by atoms with Gasteiger partial charge in [0, 0.05) is 0 Å². The molecule has 2 nitrogen and oxygen atoms in total. The van der Waals surface area contributed by atoms with Crippen LogP contribution in [-0.2, 0) is 0 Å². The molecular formula is C14H11BrFNOS. The van der Waals surface area contributed by atoms with Gasteiger partial charge in [0.15, 0.2) is 0 Å². The molecule has 5 heteroatoms. The van der Waals surface area contributed by atoms with E-state index in [0.29, 0.717) is 21.5 Å². The summed E-state index contributed by atoms with van der Waals surface area (Å²) >= 11 is 8.24. The van der Waals surface area contributed by atoms with Crippen molar-refractivity contribution in [2.45, 2.75) is 6.92 Å². The van der Waals surface area contributed by atoms with Crippen LogP contribution in [0.2, 0.25) is 0 Å². The lowest BCUT2D eigenvalue weighted by Crippen LogP contribution is -2.10. The van der Waals surface area contributed by atoms with Crippen LogP contribution in [0.3, 0.4) is 0 Å². The van der Waals surface area contributed by atoms with Gasteiger partial charge in [-0.05, 0) is 58.7 Å². The maximum atomic E-state index is 13.0. The lowest BCUT2D eigenvalue weighted by atomic mass is 10.1. The number of rotatable bonds is 3. The first-order chi connectivity index (χ1) is 8.97. The first kappa shape index (κ1) is 14.0. The van der Waals surface area contributed by atoms with Crippen molar-refractivity contribution >= 4 is 33.1 Å². The van der Waals surface area contributed by atoms with E-state index in [1.807, 2.05) is 25.1 Å². The highest BCUT2D eigenvalue weighted by molar-refractivity contribution is 9.10. The molecule has 2 aromatic rings. The fourth-order valence-corrected chi connectivity index (χ4v) is 2.19. The zero-order chi connectivity index (χ0) is 14.0. The summed E-state index contributed by atoms with van der Waals surface area (Å²) in [5.41, 5.74) is 7.33. The fraction of sp³-hybridized carbons (Fsp3) is 0.0714. The van der Waals surface area contributed by atoms with E-state index >= 15 is 0 Å². The highest BCUT2D eigenvalue weighted by Gasteiger charge is 2.10. The topological polar surface area (TPSA) is 35.2 Å². The number of nitrogens with two attached hydrogens (primary N) is 1. The second kappa shape index (κ2) is 5.67. The summed E-state index contributed by atoms with van der Waals surface area (Å²) in [7, 11) is 0. The molecule has 0 bridgehead atoms. The third kappa shape index (κ3) is 3.30. The van der Waals surface area contributed by atoms with Gasteiger partial charge in [0.2, 0.25) is 0 Å². The molecule has 0 aliphatic rings. The minimum Gasteiger partial charge on any atom is -0.455 e. The Morgan fingerprint density at radius 3 is 2.58 bits per heavy atom. The monoisotopic (exact) mass is 339 g/mol. The van der Waals surface area contributed by atoms with Crippen molar-refractivity contribution in [2.75, 3.05) is 0 Å². The van der Waals surface area contributed by atoms with Gasteiger partial charge < -0.3 is 10.5 Å². The van der Waals surface area contributed by atoms with Crippen LogP contribution < -0.4 is 10.5 Å². The van der Waals surface area contributed by atoms with Crippen molar-refractivity contribution in [2.24, 2.45) is 5.73 Å². The summed E-state index contributed by atoms with van der Waals surface area (Å²) in [5.74, 6) is 0.724. The Hall–Kier alpha value is -1.46. The molecule has 0 saturated carbocycles. The van der Waals surface area contributed by atoms with Gasteiger partial charge in [0.25, 0.3) is 0 Å². The van der Waals surface area contributed by atoms with Gasteiger partial charge in [-0.15, -0.1) is 0 Å². The van der Waals surface area contributed by atoms with Crippen LogP contribution in [0.25, 0.3) is 0 Å². The standard InChI is InChI=1S/C14H11BrFNOS/c1-8-2-4-10(14(17)19)13(6-8)18-12-5-3-9(16)7-11(12)15/h2-7H,1H3,(H2,17,19). The minimum atomic E-state index is -0.335. The number of ether oxygens (including phenoxy) is 1. The van der Waals surface area contributed by atoms with Gasteiger partial charge in [0.1, 0.15) is 22.3 Å². The quantitative estimate of drug-likeness (QED) is 0.845. The number of hydrogen-bond acceptors (Lipinski definition) is 2. The molecule has 0 unspecified atom stereocenters. The van der Waals surface area contributed by atoms with Crippen molar-refractivity contribution < 1.29 is 9.13 Å². The molecule has 0 atom stereocenters. The van der Waals surface area contributed by atoms with Gasteiger partial charge in [-0.25, -0.2) is 4.39 Å². The summed E-state index contributed by atoms with van der Waals surface area (Å²) in [6.45, 7) is 1.94. The molecule has 2 rings (SSSR count). The van der Waals surface area contributed by atoms with E-state index in [-0.39, 0.29) is 10.8 Å². The predicted molar refractivity (Wildman–Crippen MR) is 81.2 cm³/mol. The summed E-state index contributed by atoms with van der Waals surface area (Å²) < 4.78 is 19.3. The molecule has 2 N–H and O–H groups in total. The molecule has 0 spiro atoms.